The summed E-state index contributed by atoms with van der Waals surface area (Å²) in [4.78, 5) is 16.3. The first-order valence-electron chi connectivity index (χ1n) is 6.29. The summed E-state index contributed by atoms with van der Waals surface area (Å²) in [6, 6.07) is 5.63. The van der Waals surface area contributed by atoms with Crippen LogP contribution in [0.1, 0.15) is 17.4 Å². The number of carboxylic acids is 1. The van der Waals surface area contributed by atoms with Crippen LogP contribution in [-0.4, -0.2) is 23.1 Å². The van der Waals surface area contributed by atoms with Crippen LogP contribution in [-0.2, 0) is 4.79 Å². The van der Waals surface area contributed by atoms with Crippen molar-refractivity contribution in [2.45, 2.75) is 13.8 Å². The van der Waals surface area contributed by atoms with Crippen LogP contribution in [0.5, 0.6) is 0 Å². The van der Waals surface area contributed by atoms with Crippen molar-refractivity contribution in [2.75, 3.05) is 12.4 Å². The average Bonchev–Trinajstić information content (AvgIpc) is 2.85. The maximum absolute atomic E-state index is 10.9. The number of anilines is 1. The third-order valence-corrected chi connectivity index (χ3v) is 4.68. The first-order chi connectivity index (χ1) is 9.93. The first-order valence-corrected chi connectivity index (χ1v) is 7.49. The van der Waals surface area contributed by atoms with Crippen molar-refractivity contribution < 1.29 is 9.90 Å². The Bertz CT molecular complexity index is 722. The highest BCUT2D eigenvalue weighted by Crippen LogP contribution is 2.38. The van der Waals surface area contributed by atoms with Gasteiger partial charge in [-0.1, -0.05) is 35.1 Å². The van der Waals surface area contributed by atoms with Crippen LogP contribution in [0.3, 0.4) is 0 Å². The third kappa shape index (κ3) is 3.25. The summed E-state index contributed by atoms with van der Waals surface area (Å²) in [5, 5.41) is 13.3. The van der Waals surface area contributed by atoms with Crippen molar-refractivity contribution in [3.63, 3.8) is 0 Å². The van der Waals surface area contributed by atoms with E-state index in [1.54, 1.807) is 14.0 Å². The van der Waals surface area contributed by atoms with E-state index in [2.05, 4.69) is 10.3 Å². The lowest BCUT2D eigenvalue weighted by Crippen LogP contribution is -1.92. The second kappa shape index (κ2) is 6.28. The largest absolute Gasteiger partial charge is 0.478 e. The molecule has 0 bridgehead atoms. The smallest absolute Gasteiger partial charge is 0.328 e. The fourth-order valence-corrected chi connectivity index (χ4v) is 3.07. The van der Waals surface area contributed by atoms with Crippen LogP contribution in [0.15, 0.2) is 24.3 Å². The van der Waals surface area contributed by atoms with Crippen LogP contribution in [0.2, 0.25) is 5.02 Å². The molecule has 2 rings (SSSR count). The molecule has 0 aliphatic rings. The molecule has 2 N–H and O–H groups in total. The van der Waals surface area contributed by atoms with Crippen molar-refractivity contribution >= 4 is 39.6 Å². The summed E-state index contributed by atoms with van der Waals surface area (Å²) in [5.41, 5.74) is 3.25. The number of hydrogen-bond donors (Lipinski definition) is 2. The minimum atomic E-state index is -0.972. The highest BCUT2D eigenvalue weighted by molar-refractivity contribution is 7.17. The summed E-state index contributed by atoms with van der Waals surface area (Å²) < 4.78 is 0. The number of allylic oxidation sites excluding steroid dienone is 1. The monoisotopic (exact) mass is 322 g/mol. The number of thiazole rings is 1. The average molecular weight is 323 g/mol. The van der Waals surface area contributed by atoms with E-state index < -0.39 is 5.97 Å². The van der Waals surface area contributed by atoms with Crippen LogP contribution in [0, 0.1) is 6.92 Å². The maximum atomic E-state index is 10.9. The Hall–Kier alpha value is -1.85. The van der Waals surface area contributed by atoms with Crippen molar-refractivity contribution in [3.8, 4) is 11.3 Å². The minimum absolute atomic E-state index is 0.663. The van der Waals surface area contributed by atoms with Crippen molar-refractivity contribution in [1.82, 2.24) is 4.98 Å². The van der Waals surface area contributed by atoms with Gasteiger partial charge >= 0.3 is 5.97 Å². The summed E-state index contributed by atoms with van der Waals surface area (Å²) in [6.07, 6.45) is 1.19. The summed E-state index contributed by atoms with van der Waals surface area (Å²) in [6.45, 7) is 3.69. The van der Waals surface area contributed by atoms with Gasteiger partial charge in [-0.3, -0.25) is 0 Å². The molecule has 2 aromatic rings. The molecule has 0 fully saturated rings. The zero-order valence-corrected chi connectivity index (χ0v) is 13.5. The molecule has 0 saturated heterocycles. The van der Waals surface area contributed by atoms with E-state index in [0.29, 0.717) is 10.6 Å². The van der Waals surface area contributed by atoms with E-state index >= 15 is 0 Å². The fourth-order valence-electron chi connectivity index (χ4n) is 1.99. The lowest BCUT2D eigenvalue weighted by molar-refractivity contribution is -0.131. The fraction of sp³-hybridized carbons (Fsp3) is 0.200. The summed E-state index contributed by atoms with van der Waals surface area (Å²) >= 11 is 7.59. The zero-order chi connectivity index (χ0) is 15.6. The van der Waals surface area contributed by atoms with E-state index in [9.17, 15) is 4.79 Å². The molecule has 0 aliphatic carbocycles. The number of rotatable bonds is 4. The minimum Gasteiger partial charge on any atom is -0.478 e. The predicted molar refractivity (Wildman–Crippen MR) is 88.1 cm³/mol. The molecule has 6 heteroatoms. The van der Waals surface area contributed by atoms with Gasteiger partial charge in [-0.2, -0.15) is 0 Å². The predicted octanol–water partition coefficient (Wildman–Crippen LogP) is 4.30. The molecule has 1 heterocycles. The van der Waals surface area contributed by atoms with E-state index in [0.717, 1.165) is 26.8 Å². The molecule has 1 aromatic carbocycles. The maximum Gasteiger partial charge on any atom is 0.328 e. The molecule has 0 spiro atoms. The number of nitrogens with zero attached hydrogens (tertiary/aromatic N) is 1. The molecule has 0 aliphatic heterocycles. The van der Waals surface area contributed by atoms with Crippen LogP contribution < -0.4 is 5.32 Å². The normalized spacial score (nSPS) is 11.5. The van der Waals surface area contributed by atoms with Gasteiger partial charge in [0.25, 0.3) is 0 Å². The number of aromatic nitrogens is 1. The zero-order valence-electron chi connectivity index (χ0n) is 11.9. The van der Waals surface area contributed by atoms with Crippen LogP contribution in [0.4, 0.5) is 5.13 Å². The first kappa shape index (κ1) is 15.5. The molecule has 0 atom stereocenters. The number of nitrogens with one attached hydrogen (secondary N) is 1. The Labute approximate surface area is 132 Å². The lowest BCUT2D eigenvalue weighted by Gasteiger charge is -2.07. The van der Waals surface area contributed by atoms with Crippen LogP contribution in [0.25, 0.3) is 16.8 Å². The van der Waals surface area contributed by atoms with Gasteiger partial charge in [0.1, 0.15) is 0 Å². The van der Waals surface area contributed by atoms with E-state index in [-0.39, 0.29) is 0 Å². The topological polar surface area (TPSA) is 62.2 Å². The van der Waals surface area contributed by atoms with Crippen molar-refractivity contribution in [3.05, 3.63) is 39.7 Å². The van der Waals surface area contributed by atoms with Gasteiger partial charge in [-0.25, -0.2) is 9.78 Å². The Balaban J connectivity index is 2.66. The molecule has 0 unspecified atom stereocenters. The molecule has 110 valence electrons. The number of aliphatic carboxylic acids is 1. The third-order valence-electron chi connectivity index (χ3n) is 3.06. The highest BCUT2D eigenvalue weighted by Gasteiger charge is 2.17. The highest BCUT2D eigenvalue weighted by atomic mass is 35.5. The van der Waals surface area contributed by atoms with Crippen molar-refractivity contribution in [1.29, 1.82) is 0 Å². The summed E-state index contributed by atoms with van der Waals surface area (Å²) in [7, 11) is 1.79. The quantitative estimate of drug-likeness (QED) is 0.824. The molecule has 4 nitrogen and oxygen atoms in total. The molecule has 1 aromatic heterocycles. The number of hydrogen-bond acceptors (Lipinski definition) is 4. The second-order valence-electron chi connectivity index (χ2n) is 4.52. The van der Waals surface area contributed by atoms with Gasteiger partial charge in [0, 0.05) is 23.7 Å². The SMILES string of the molecule is CNc1nc(-c2cccc(Cl)c2C)c(/C(C)=C/C(=O)O)s1. The van der Waals surface area contributed by atoms with E-state index in [1.165, 1.54) is 17.4 Å². The van der Waals surface area contributed by atoms with E-state index in [1.807, 2.05) is 25.1 Å². The van der Waals surface area contributed by atoms with Gasteiger partial charge in [0.15, 0.2) is 5.13 Å². The number of halogens is 1. The van der Waals surface area contributed by atoms with Gasteiger partial charge in [0.2, 0.25) is 0 Å². The molecule has 0 radical (unpaired) electrons. The van der Waals surface area contributed by atoms with Gasteiger partial charge < -0.3 is 10.4 Å². The molecule has 0 saturated carbocycles. The lowest BCUT2D eigenvalue weighted by atomic mass is 10.0. The molecular weight excluding hydrogens is 308 g/mol. The molecule has 0 amide bonds. The molecule has 21 heavy (non-hydrogen) atoms. The van der Waals surface area contributed by atoms with Gasteiger partial charge in [-0.15, -0.1) is 0 Å². The van der Waals surface area contributed by atoms with Crippen molar-refractivity contribution in [2.24, 2.45) is 0 Å². The van der Waals surface area contributed by atoms with E-state index in [4.69, 9.17) is 16.7 Å². The van der Waals surface area contributed by atoms with Gasteiger partial charge in [0.05, 0.1) is 10.6 Å². The number of benzene rings is 1. The standard InChI is InChI=1S/C15H15ClN2O2S/c1-8(7-12(19)20)14-13(18-15(17-3)21-14)10-5-4-6-11(16)9(10)2/h4-7H,1-3H3,(H,17,18)(H,19,20)/b8-7+. The molecular formula is C15H15ClN2O2S. The Morgan fingerprint density at radius 3 is 2.81 bits per heavy atom. The summed E-state index contributed by atoms with van der Waals surface area (Å²) in [5.74, 6) is -0.972. The Morgan fingerprint density at radius 1 is 1.48 bits per heavy atom. The van der Waals surface area contributed by atoms with Crippen LogP contribution >= 0.6 is 22.9 Å². The second-order valence-corrected chi connectivity index (χ2v) is 5.93. The van der Waals surface area contributed by atoms with Gasteiger partial charge in [-0.05, 0) is 31.1 Å². The Morgan fingerprint density at radius 2 is 2.19 bits per heavy atom. The number of carboxylic acid groups (broad SMARTS) is 1. The number of carbonyl (C=O) groups is 1. The Kier molecular flexibility index (Phi) is 4.65.